The van der Waals surface area contributed by atoms with Crippen molar-refractivity contribution in [3.63, 3.8) is 0 Å². The number of aliphatic hydroxyl groups excluding tert-OH is 1. The number of aromatic nitrogens is 2. The highest BCUT2D eigenvalue weighted by molar-refractivity contribution is 5.97. The molecule has 1 aliphatic heterocycles. The Labute approximate surface area is 93.4 Å². The van der Waals surface area contributed by atoms with Crippen LogP contribution in [-0.4, -0.2) is 45.3 Å². The lowest BCUT2D eigenvalue weighted by Gasteiger charge is -2.34. The molecular formula is C10H16N4O2. The molecule has 0 radical (unpaired) electrons. The Morgan fingerprint density at radius 3 is 3.06 bits per heavy atom. The second-order valence-corrected chi connectivity index (χ2v) is 4.28. The van der Waals surface area contributed by atoms with Crippen LogP contribution in [-0.2, 0) is 0 Å². The molecule has 2 unspecified atom stereocenters. The lowest BCUT2D eigenvalue weighted by atomic mass is 9.96. The molecule has 0 aromatic carbocycles. The molecule has 6 heteroatoms. The number of aliphatic hydroxyl groups is 1. The van der Waals surface area contributed by atoms with Crippen LogP contribution in [0.5, 0.6) is 0 Å². The molecule has 6 nitrogen and oxygen atoms in total. The number of aromatic amines is 1. The van der Waals surface area contributed by atoms with Gasteiger partial charge in [-0.3, -0.25) is 9.89 Å². The third-order valence-electron chi connectivity index (χ3n) is 3.03. The van der Waals surface area contributed by atoms with Crippen molar-refractivity contribution in [2.24, 2.45) is 5.92 Å². The van der Waals surface area contributed by atoms with Crippen molar-refractivity contribution in [3.8, 4) is 0 Å². The van der Waals surface area contributed by atoms with Crippen LogP contribution in [0.15, 0.2) is 6.20 Å². The minimum absolute atomic E-state index is 0.0989. The van der Waals surface area contributed by atoms with Crippen molar-refractivity contribution in [3.05, 3.63) is 11.9 Å². The first-order chi connectivity index (χ1) is 7.59. The molecule has 0 bridgehead atoms. The highest BCUT2D eigenvalue weighted by Crippen LogP contribution is 2.19. The molecule has 1 aromatic rings. The Morgan fingerprint density at radius 2 is 2.50 bits per heavy atom. The fourth-order valence-electron chi connectivity index (χ4n) is 1.94. The van der Waals surface area contributed by atoms with Gasteiger partial charge in [0.1, 0.15) is 5.69 Å². The smallest absolute Gasteiger partial charge is 0.274 e. The zero-order valence-corrected chi connectivity index (χ0v) is 9.18. The van der Waals surface area contributed by atoms with Crippen LogP contribution in [0.3, 0.4) is 0 Å². The number of hydrogen-bond acceptors (Lipinski definition) is 4. The van der Waals surface area contributed by atoms with Crippen molar-refractivity contribution in [2.75, 3.05) is 18.8 Å². The summed E-state index contributed by atoms with van der Waals surface area (Å²) < 4.78 is 0. The molecule has 0 spiro atoms. The second kappa shape index (κ2) is 4.13. The summed E-state index contributed by atoms with van der Waals surface area (Å²) in [6.45, 7) is 3.04. The summed E-state index contributed by atoms with van der Waals surface area (Å²) >= 11 is 0. The Morgan fingerprint density at radius 1 is 1.75 bits per heavy atom. The van der Waals surface area contributed by atoms with Gasteiger partial charge in [0.15, 0.2) is 0 Å². The number of anilines is 1. The van der Waals surface area contributed by atoms with E-state index in [4.69, 9.17) is 5.73 Å². The molecule has 1 aromatic heterocycles. The van der Waals surface area contributed by atoms with E-state index in [2.05, 4.69) is 10.2 Å². The van der Waals surface area contributed by atoms with Crippen LogP contribution >= 0.6 is 0 Å². The molecular weight excluding hydrogens is 208 g/mol. The summed E-state index contributed by atoms with van der Waals surface area (Å²) in [7, 11) is 0. The zero-order chi connectivity index (χ0) is 11.7. The summed E-state index contributed by atoms with van der Waals surface area (Å²) in [4.78, 5) is 13.7. The van der Waals surface area contributed by atoms with E-state index in [0.29, 0.717) is 30.9 Å². The lowest BCUT2D eigenvalue weighted by molar-refractivity contribution is 0.0295. The fraction of sp³-hybridized carbons (Fsp3) is 0.600. The van der Waals surface area contributed by atoms with Gasteiger partial charge in [0.2, 0.25) is 0 Å². The van der Waals surface area contributed by atoms with E-state index in [1.54, 1.807) is 4.90 Å². The molecule has 0 aliphatic carbocycles. The normalized spacial score (nSPS) is 25.8. The fourth-order valence-corrected chi connectivity index (χ4v) is 1.94. The number of amides is 1. The number of nitrogen functional groups attached to an aromatic ring is 1. The maximum atomic E-state index is 12.0. The Hall–Kier alpha value is -1.56. The van der Waals surface area contributed by atoms with E-state index in [-0.39, 0.29) is 17.9 Å². The number of rotatable bonds is 1. The minimum atomic E-state index is -0.317. The number of nitrogens with one attached hydrogen (secondary N) is 1. The Balaban J connectivity index is 2.09. The number of H-pyrrole nitrogens is 1. The van der Waals surface area contributed by atoms with Gasteiger partial charge in [0, 0.05) is 13.1 Å². The van der Waals surface area contributed by atoms with Gasteiger partial charge in [-0.15, -0.1) is 0 Å². The predicted molar refractivity (Wildman–Crippen MR) is 58.7 cm³/mol. The number of carbonyl (C=O) groups is 1. The van der Waals surface area contributed by atoms with Crippen LogP contribution in [0.1, 0.15) is 23.8 Å². The largest absolute Gasteiger partial charge is 0.396 e. The third kappa shape index (κ3) is 1.88. The SMILES string of the molecule is CC1CN(C(=O)c2[nH]ncc2N)CCC1O. The zero-order valence-electron chi connectivity index (χ0n) is 9.18. The first-order valence-corrected chi connectivity index (χ1v) is 5.35. The summed E-state index contributed by atoms with van der Waals surface area (Å²) in [6, 6.07) is 0. The highest BCUT2D eigenvalue weighted by Gasteiger charge is 2.29. The average molecular weight is 224 g/mol. The molecule has 1 fully saturated rings. The van der Waals surface area contributed by atoms with E-state index in [0.717, 1.165) is 0 Å². The third-order valence-corrected chi connectivity index (χ3v) is 3.03. The van der Waals surface area contributed by atoms with Gasteiger partial charge in [-0.2, -0.15) is 5.10 Å². The minimum Gasteiger partial charge on any atom is -0.396 e. The maximum absolute atomic E-state index is 12.0. The van der Waals surface area contributed by atoms with E-state index in [1.165, 1.54) is 6.20 Å². The number of nitrogens with zero attached hydrogens (tertiary/aromatic N) is 2. The topological polar surface area (TPSA) is 95.2 Å². The van der Waals surface area contributed by atoms with Crippen LogP contribution in [0, 0.1) is 5.92 Å². The molecule has 16 heavy (non-hydrogen) atoms. The average Bonchev–Trinajstić information content (AvgIpc) is 2.67. The number of likely N-dealkylation sites (tertiary alicyclic amines) is 1. The first-order valence-electron chi connectivity index (χ1n) is 5.35. The van der Waals surface area contributed by atoms with Crippen molar-refractivity contribution >= 4 is 11.6 Å². The number of nitrogens with two attached hydrogens (primary N) is 1. The number of carbonyl (C=O) groups excluding carboxylic acids is 1. The molecule has 1 amide bonds. The summed E-state index contributed by atoms with van der Waals surface area (Å²) in [5.74, 6) is -0.0457. The number of hydrogen-bond donors (Lipinski definition) is 3. The van der Waals surface area contributed by atoms with E-state index in [9.17, 15) is 9.90 Å². The molecule has 4 N–H and O–H groups in total. The summed E-state index contributed by atoms with van der Waals surface area (Å²) in [5.41, 5.74) is 6.32. The molecule has 2 rings (SSSR count). The van der Waals surface area contributed by atoms with Gasteiger partial charge in [0.05, 0.1) is 18.0 Å². The molecule has 2 heterocycles. The predicted octanol–water partition coefficient (Wildman–Crippen LogP) is -0.165. The van der Waals surface area contributed by atoms with E-state index < -0.39 is 0 Å². The van der Waals surface area contributed by atoms with Crippen LogP contribution in [0.4, 0.5) is 5.69 Å². The van der Waals surface area contributed by atoms with Crippen LogP contribution < -0.4 is 5.73 Å². The molecule has 1 aliphatic rings. The second-order valence-electron chi connectivity index (χ2n) is 4.28. The molecule has 88 valence electrons. The Kier molecular flexibility index (Phi) is 2.82. The van der Waals surface area contributed by atoms with E-state index >= 15 is 0 Å². The Bertz CT molecular complexity index is 390. The number of piperidine rings is 1. The van der Waals surface area contributed by atoms with Gasteiger partial charge in [-0.1, -0.05) is 6.92 Å². The molecule has 2 atom stereocenters. The van der Waals surface area contributed by atoms with Gasteiger partial charge >= 0.3 is 0 Å². The first kappa shape index (κ1) is 10.9. The van der Waals surface area contributed by atoms with Crippen molar-refractivity contribution in [1.82, 2.24) is 15.1 Å². The van der Waals surface area contributed by atoms with Gasteiger partial charge in [0.25, 0.3) is 5.91 Å². The van der Waals surface area contributed by atoms with Crippen molar-refractivity contribution in [1.29, 1.82) is 0 Å². The maximum Gasteiger partial charge on any atom is 0.274 e. The van der Waals surface area contributed by atoms with Gasteiger partial charge < -0.3 is 15.7 Å². The highest BCUT2D eigenvalue weighted by atomic mass is 16.3. The lowest BCUT2D eigenvalue weighted by Crippen LogP contribution is -2.45. The quantitative estimate of drug-likeness (QED) is 0.617. The summed E-state index contributed by atoms with van der Waals surface area (Å²) in [5, 5.41) is 15.9. The van der Waals surface area contributed by atoms with Crippen molar-refractivity contribution < 1.29 is 9.90 Å². The molecule has 1 saturated heterocycles. The van der Waals surface area contributed by atoms with E-state index in [1.807, 2.05) is 6.92 Å². The van der Waals surface area contributed by atoms with Crippen LogP contribution in [0.25, 0.3) is 0 Å². The monoisotopic (exact) mass is 224 g/mol. The van der Waals surface area contributed by atoms with Gasteiger partial charge in [-0.05, 0) is 12.3 Å². The van der Waals surface area contributed by atoms with Gasteiger partial charge in [-0.25, -0.2) is 0 Å². The summed E-state index contributed by atoms with van der Waals surface area (Å²) in [6.07, 6.45) is 1.72. The standard InChI is InChI=1S/C10H16N4O2/c1-6-5-14(3-2-8(6)15)10(16)9-7(11)4-12-13-9/h4,6,8,15H,2-3,5,11H2,1H3,(H,12,13). The van der Waals surface area contributed by atoms with Crippen molar-refractivity contribution in [2.45, 2.75) is 19.4 Å². The molecule has 0 saturated carbocycles. The van der Waals surface area contributed by atoms with Crippen LogP contribution in [0.2, 0.25) is 0 Å².